The zero-order valence-electron chi connectivity index (χ0n) is 16.6. The fourth-order valence-electron chi connectivity index (χ4n) is 4.22. The smallest absolute Gasteiger partial charge is 0.266 e. The zero-order valence-corrected chi connectivity index (χ0v) is 16.6. The molecule has 5 rings (SSSR count). The number of halogens is 1. The molecule has 3 atom stereocenters. The largest absolute Gasteiger partial charge is 0.497 e. The zero-order chi connectivity index (χ0) is 21.5. The molecule has 2 heterocycles. The Balaban J connectivity index is 1.59. The first kappa shape index (κ1) is 19.3. The first-order valence-corrected chi connectivity index (χ1v) is 9.87. The number of hydrogen-bond donors (Lipinski definition) is 0. The second kappa shape index (κ2) is 7.52. The summed E-state index contributed by atoms with van der Waals surface area (Å²) < 4.78 is 18.7. The van der Waals surface area contributed by atoms with Crippen molar-refractivity contribution in [2.75, 3.05) is 17.1 Å². The summed E-state index contributed by atoms with van der Waals surface area (Å²) in [6.45, 7) is 0. The Bertz CT molecular complexity index is 1140. The molecule has 0 N–H and O–H groups in total. The van der Waals surface area contributed by atoms with Crippen LogP contribution in [0.3, 0.4) is 0 Å². The Morgan fingerprint density at radius 1 is 0.871 bits per heavy atom. The number of carbonyl (C=O) groups excluding carboxylic acids is 2. The van der Waals surface area contributed by atoms with Crippen LogP contribution in [0, 0.1) is 11.7 Å². The SMILES string of the molecule is COc1cccc([C@@H]2[C@@H]3C(=O)N(c4ccc(F)cc4)C(=O)[C@@H]3ON2c2ccccc2)c1. The van der Waals surface area contributed by atoms with E-state index in [1.165, 1.54) is 24.3 Å². The number of benzene rings is 3. The highest BCUT2D eigenvalue weighted by molar-refractivity contribution is 6.23. The molecule has 31 heavy (non-hydrogen) atoms. The van der Waals surface area contributed by atoms with E-state index in [-0.39, 0.29) is 5.91 Å². The predicted molar refractivity (Wildman–Crippen MR) is 112 cm³/mol. The number of amides is 2. The third-order valence-electron chi connectivity index (χ3n) is 5.65. The van der Waals surface area contributed by atoms with E-state index in [2.05, 4.69) is 0 Å². The van der Waals surface area contributed by atoms with Crippen molar-refractivity contribution >= 4 is 23.2 Å². The second-order valence-electron chi connectivity index (χ2n) is 7.42. The lowest BCUT2D eigenvalue weighted by molar-refractivity contribution is -0.126. The first-order valence-electron chi connectivity index (χ1n) is 9.87. The Kier molecular flexibility index (Phi) is 4.67. The maximum Gasteiger partial charge on any atom is 0.266 e. The Morgan fingerprint density at radius 2 is 1.61 bits per heavy atom. The number of fused-ring (bicyclic) bond motifs is 1. The number of ether oxygens (including phenoxy) is 1. The molecule has 0 aliphatic carbocycles. The Hall–Kier alpha value is -3.71. The summed E-state index contributed by atoms with van der Waals surface area (Å²) in [5, 5.41) is 1.63. The molecular formula is C24H19FN2O4. The molecule has 2 saturated heterocycles. The van der Waals surface area contributed by atoms with Crippen LogP contribution in [0.5, 0.6) is 5.75 Å². The monoisotopic (exact) mass is 418 g/mol. The number of methoxy groups -OCH3 is 1. The van der Waals surface area contributed by atoms with Crippen LogP contribution in [0.4, 0.5) is 15.8 Å². The summed E-state index contributed by atoms with van der Waals surface area (Å²) in [5.74, 6) is -1.41. The van der Waals surface area contributed by atoms with Gasteiger partial charge in [-0.2, -0.15) is 0 Å². The number of hydrogen-bond acceptors (Lipinski definition) is 5. The van der Waals surface area contributed by atoms with Gasteiger partial charge in [-0.3, -0.25) is 14.4 Å². The highest BCUT2D eigenvalue weighted by Gasteiger charge is 2.60. The average molecular weight is 418 g/mol. The van der Waals surface area contributed by atoms with Gasteiger partial charge in [0.2, 0.25) is 5.91 Å². The fraction of sp³-hybridized carbons (Fsp3) is 0.167. The van der Waals surface area contributed by atoms with E-state index in [1.807, 2.05) is 54.6 Å². The molecule has 3 aromatic carbocycles. The molecule has 2 aliphatic heterocycles. The highest BCUT2D eigenvalue weighted by atomic mass is 19.1. The number of rotatable bonds is 4. The number of imide groups is 1. The molecular weight excluding hydrogens is 399 g/mol. The molecule has 0 radical (unpaired) electrons. The van der Waals surface area contributed by atoms with Crippen molar-refractivity contribution in [2.24, 2.45) is 5.92 Å². The van der Waals surface area contributed by atoms with Crippen molar-refractivity contribution in [3.63, 3.8) is 0 Å². The van der Waals surface area contributed by atoms with Gasteiger partial charge in [-0.1, -0.05) is 30.3 Å². The number of hydroxylamine groups is 1. The van der Waals surface area contributed by atoms with E-state index < -0.39 is 29.8 Å². The molecule has 2 aliphatic rings. The van der Waals surface area contributed by atoms with Crippen LogP contribution >= 0.6 is 0 Å². The van der Waals surface area contributed by atoms with Crippen molar-refractivity contribution in [3.8, 4) is 5.75 Å². The first-order chi connectivity index (χ1) is 15.1. The third-order valence-corrected chi connectivity index (χ3v) is 5.65. The van der Waals surface area contributed by atoms with Crippen molar-refractivity contribution in [1.29, 1.82) is 0 Å². The van der Waals surface area contributed by atoms with E-state index in [0.29, 0.717) is 11.4 Å². The lowest BCUT2D eigenvalue weighted by Gasteiger charge is -2.29. The highest BCUT2D eigenvalue weighted by Crippen LogP contribution is 2.47. The van der Waals surface area contributed by atoms with Gasteiger partial charge in [0, 0.05) is 0 Å². The van der Waals surface area contributed by atoms with E-state index in [0.717, 1.165) is 16.2 Å². The van der Waals surface area contributed by atoms with Gasteiger partial charge in [0.05, 0.1) is 24.5 Å². The molecule has 0 aromatic heterocycles. The molecule has 6 nitrogen and oxygen atoms in total. The number of anilines is 2. The maximum absolute atomic E-state index is 13.5. The molecule has 2 amide bonds. The summed E-state index contributed by atoms with van der Waals surface area (Å²) in [6.07, 6.45) is -0.978. The number of carbonyl (C=O) groups is 2. The van der Waals surface area contributed by atoms with E-state index in [9.17, 15) is 14.0 Å². The lowest BCUT2D eigenvalue weighted by Crippen LogP contribution is -2.37. The van der Waals surface area contributed by atoms with E-state index >= 15 is 0 Å². The van der Waals surface area contributed by atoms with Gasteiger partial charge >= 0.3 is 0 Å². The molecule has 0 unspecified atom stereocenters. The van der Waals surface area contributed by atoms with Crippen LogP contribution in [0.1, 0.15) is 11.6 Å². The molecule has 3 aromatic rings. The van der Waals surface area contributed by atoms with Crippen molar-refractivity contribution < 1.29 is 23.6 Å². The molecule has 156 valence electrons. The van der Waals surface area contributed by atoms with Gasteiger partial charge in [0.15, 0.2) is 6.10 Å². The summed E-state index contributed by atoms with van der Waals surface area (Å²) >= 11 is 0. The van der Waals surface area contributed by atoms with Crippen molar-refractivity contribution in [3.05, 3.63) is 90.2 Å². The fourth-order valence-corrected chi connectivity index (χ4v) is 4.22. The molecule has 0 bridgehead atoms. The van der Waals surface area contributed by atoms with Gasteiger partial charge in [-0.15, -0.1) is 0 Å². The Morgan fingerprint density at radius 3 is 2.32 bits per heavy atom. The molecule has 7 heteroatoms. The summed E-state index contributed by atoms with van der Waals surface area (Å²) in [5.41, 5.74) is 1.85. The standard InChI is InChI=1S/C24H19FN2O4/c1-30-19-9-5-6-15(14-19)21-20-22(31-27(21)18-7-3-2-4-8-18)24(29)26(23(20)28)17-12-10-16(25)11-13-17/h2-14,20-22H,1H3/t20-,21+,22+/m0/s1. The van der Waals surface area contributed by atoms with Gasteiger partial charge < -0.3 is 4.74 Å². The van der Waals surface area contributed by atoms with Crippen LogP contribution in [0.2, 0.25) is 0 Å². The molecule has 2 fully saturated rings. The van der Waals surface area contributed by atoms with E-state index in [4.69, 9.17) is 9.57 Å². The minimum absolute atomic E-state index is 0.324. The molecule has 0 saturated carbocycles. The van der Waals surface area contributed by atoms with Crippen molar-refractivity contribution in [2.45, 2.75) is 12.1 Å². The summed E-state index contributed by atoms with van der Waals surface area (Å²) in [6, 6.07) is 21.5. The number of para-hydroxylation sites is 1. The minimum atomic E-state index is -0.978. The van der Waals surface area contributed by atoms with Crippen LogP contribution in [-0.4, -0.2) is 25.0 Å². The summed E-state index contributed by atoms with van der Waals surface area (Å²) in [4.78, 5) is 33.8. The lowest BCUT2D eigenvalue weighted by atomic mass is 9.90. The molecule has 0 spiro atoms. The quantitative estimate of drug-likeness (QED) is 0.602. The predicted octanol–water partition coefficient (Wildman–Crippen LogP) is 3.89. The van der Waals surface area contributed by atoms with Gasteiger partial charge in [0.25, 0.3) is 5.91 Å². The Labute approximate surface area is 178 Å². The van der Waals surface area contributed by atoms with Crippen LogP contribution in [0.15, 0.2) is 78.9 Å². The van der Waals surface area contributed by atoms with Crippen LogP contribution < -0.4 is 14.7 Å². The van der Waals surface area contributed by atoms with Crippen molar-refractivity contribution in [1.82, 2.24) is 0 Å². The van der Waals surface area contributed by atoms with E-state index in [1.54, 1.807) is 12.2 Å². The van der Waals surface area contributed by atoms with Gasteiger partial charge in [-0.05, 0) is 54.1 Å². The van der Waals surface area contributed by atoms with Gasteiger partial charge in [0.1, 0.15) is 17.5 Å². The summed E-state index contributed by atoms with van der Waals surface area (Å²) in [7, 11) is 1.57. The topological polar surface area (TPSA) is 59.1 Å². The second-order valence-corrected chi connectivity index (χ2v) is 7.42. The normalized spacial score (nSPS) is 22.7. The van der Waals surface area contributed by atoms with Gasteiger partial charge in [-0.25, -0.2) is 14.4 Å². The average Bonchev–Trinajstić information content (AvgIpc) is 3.31. The maximum atomic E-state index is 13.5. The minimum Gasteiger partial charge on any atom is -0.497 e. The third kappa shape index (κ3) is 3.14. The number of nitrogens with zero attached hydrogens (tertiary/aromatic N) is 2. The van der Waals surface area contributed by atoms with Crippen LogP contribution in [0.25, 0.3) is 0 Å². The van der Waals surface area contributed by atoms with Crippen LogP contribution in [-0.2, 0) is 14.4 Å².